The molecule has 33 heavy (non-hydrogen) atoms. The van der Waals surface area contributed by atoms with E-state index < -0.39 is 0 Å². The number of thioether (sulfide) groups is 1. The number of anilines is 1. The molecular formula is C25H31N5O2S. The second kappa shape index (κ2) is 11.3. The van der Waals surface area contributed by atoms with Crippen molar-refractivity contribution in [2.75, 3.05) is 37.7 Å². The van der Waals surface area contributed by atoms with Crippen LogP contribution in [-0.2, 0) is 22.6 Å². The lowest BCUT2D eigenvalue weighted by Crippen LogP contribution is -2.38. The fourth-order valence-corrected chi connectivity index (χ4v) is 4.81. The molecule has 1 aliphatic heterocycles. The molecule has 2 aromatic carbocycles. The smallest absolute Gasteiger partial charge is 0.236 e. The van der Waals surface area contributed by atoms with Gasteiger partial charge >= 0.3 is 0 Å². The van der Waals surface area contributed by atoms with Gasteiger partial charge in [0.2, 0.25) is 11.9 Å². The fraction of sp³-hybridized carbons (Fsp3) is 0.400. The third-order valence-corrected chi connectivity index (χ3v) is 6.78. The molecule has 1 fully saturated rings. The van der Waals surface area contributed by atoms with Gasteiger partial charge < -0.3 is 14.5 Å². The predicted molar refractivity (Wildman–Crippen MR) is 131 cm³/mol. The summed E-state index contributed by atoms with van der Waals surface area (Å²) in [6.07, 6.45) is 0. The third kappa shape index (κ3) is 5.94. The van der Waals surface area contributed by atoms with Crippen molar-refractivity contribution in [2.24, 2.45) is 0 Å². The van der Waals surface area contributed by atoms with Crippen molar-refractivity contribution in [1.29, 1.82) is 0 Å². The summed E-state index contributed by atoms with van der Waals surface area (Å²) in [7, 11) is 0. The Balaban J connectivity index is 1.53. The number of benzene rings is 2. The summed E-state index contributed by atoms with van der Waals surface area (Å²) in [6, 6.07) is 20.4. The lowest BCUT2D eigenvalue weighted by molar-refractivity contribution is -0.130. The SMILES string of the molecule is CCN(Cc1ccccc1)C(=O)[C@@H](C)Sc1nnc(N2CCOCC2)n1Cc1ccccc1. The van der Waals surface area contributed by atoms with Crippen molar-refractivity contribution in [1.82, 2.24) is 19.7 Å². The molecule has 1 amide bonds. The number of hydrogen-bond donors (Lipinski definition) is 0. The molecule has 0 radical (unpaired) electrons. The largest absolute Gasteiger partial charge is 0.378 e. The molecule has 1 aromatic heterocycles. The van der Waals surface area contributed by atoms with Crippen LogP contribution in [0.1, 0.15) is 25.0 Å². The van der Waals surface area contributed by atoms with Crippen LogP contribution >= 0.6 is 11.8 Å². The highest BCUT2D eigenvalue weighted by atomic mass is 32.2. The minimum absolute atomic E-state index is 0.105. The van der Waals surface area contributed by atoms with E-state index in [2.05, 4.69) is 43.9 Å². The zero-order valence-corrected chi connectivity index (χ0v) is 20.1. The molecule has 7 nitrogen and oxygen atoms in total. The number of carbonyl (C=O) groups excluding carboxylic acids is 1. The molecule has 8 heteroatoms. The molecule has 174 valence electrons. The molecule has 0 spiro atoms. The maximum Gasteiger partial charge on any atom is 0.236 e. The van der Waals surface area contributed by atoms with Gasteiger partial charge in [-0.1, -0.05) is 72.4 Å². The molecule has 1 saturated heterocycles. The number of hydrogen-bond acceptors (Lipinski definition) is 6. The van der Waals surface area contributed by atoms with Gasteiger partial charge in [-0.2, -0.15) is 0 Å². The number of nitrogens with zero attached hydrogens (tertiary/aromatic N) is 5. The van der Waals surface area contributed by atoms with E-state index in [4.69, 9.17) is 4.74 Å². The topological polar surface area (TPSA) is 63.5 Å². The number of morpholine rings is 1. The molecular weight excluding hydrogens is 434 g/mol. The van der Waals surface area contributed by atoms with E-state index in [1.165, 1.54) is 17.3 Å². The highest BCUT2D eigenvalue weighted by molar-refractivity contribution is 8.00. The number of carbonyl (C=O) groups is 1. The summed E-state index contributed by atoms with van der Waals surface area (Å²) < 4.78 is 7.64. The zero-order chi connectivity index (χ0) is 23.0. The molecule has 1 atom stereocenters. The average molecular weight is 466 g/mol. The van der Waals surface area contributed by atoms with E-state index in [1.807, 2.05) is 55.1 Å². The lowest BCUT2D eigenvalue weighted by atomic mass is 10.2. The minimum Gasteiger partial charge on any atom is -0.378 e. The maximum atomic E-state index is 13.3. The Hall–Kier alpha value is -2.84. The van der Waals surface area contributed by atoms with Crippen LogP contribution in [0.15, 0.2) is 65.8 Å². The van der Waals surface area contributed by atoms with Gasteiger partial charge in [-0.05, 0) is 25.0 Å². The van der Waals surface area contributed by atoms with Gasteiger partial charge in [0.25, 0.3) is 0 Å². The first kappa shape index (κ1) is 23.3. The van der Waals surface area contributed by atoms with Crippen molar-refractivity contribution in [3.05, 3.63) is 71.8 Å². The summed E-state index contributed by atoms with van der Waals surface area (Å²) >= 11 is 1.48. The van der Waals surface area contributed by atoms with Gasteiger partial charge in [0.1, 0.15) is 0 Å². The highest BCUT2D eigenvalue weighted by Crippen LogP contribution is 2.28. The molecule has 3 aromatic rings. The average Bonchev–Trinajstić information content (AvgIpc) is 3.25. The van der Waals surface area contributed by atoms with E-state index in [0.717, 1.165) is 29.8 Å². The maximum absolute atomic E-state index is 13.3. The van der Waals surface area contributed by atoms with E-state index in [0.29, 0.717) is 32.8 Å². The van der Waals surface area contributed by atoms with Gasteiger partial charge in [-0.3, -0.25) is 9.36 Å². The summed E-state index contributed by atoms with van der Waals surface area (Å²) in [5, 5.41) is 9.51. The quantitative estimate of drug-likeness (QED) is 0.449. The fourth-order valence-electron chi connectivity index (χ4n) is 3.88. The Morgan fingerprint density at radius 2 is 1.67 bits per heavy atom. The lowest BCUT2D eigenvalue weighted by Gasteiger charge is -2.28. The Morgan fingerprint density at radius 3 is 2.30 bits per heavy atom. The van der Waals surface area contributed by atoms with Gasteiger partial charge in [0.15, 0.2) is 5.16 Å². The van der Waals surface area contributed by atoms with Crippen LogP contribution in [0.2, 0.25) is 0 Å². The summed E-state index contributed by atoms with van der Waals surface area (Å²) in [5.74, 6) is 0.939. The van der Waals surface area contributed by atoms with E-state index in [-0.39, 0.29) is 11.2 Å². The van der Waals surface area contributed by atoms with Gasteiger partial charge in [0, 0.05) is 26.2 Å². The summed E-state index contributed by atoms with van der Waals surface area (Å²) in [4.78, 5) is 17.4. The van der Waals surface area contributed by atoms with Crippen LogP contribution in [0, 0.1) is 0 Å². The Bertz CT molecular complexity index is 1020. The Morgan fingerprint density at radius 1 is 1.03 bits per heavy atom. The van der Waals surface area contributed by atoms with Crippen LogP contribution in [0.3, 0.4) is 0 Å². The van der Waals surface area contributed by atoms with Gasteiger partial charge in [0.05, 0.1) is 25.0 Å². The Labute approximate surface area is 199 Å². The van der Waals surface area contributed by atoms with Crippen molar-refractivity contribution in [2.45, 2.75) is 37.3 Å². The van der Waals surface area contributed by atoms with Gasteiger partial charge in [-0.25, -0.2) is 0 Å². The van der Waals surface area contributed by atoms with Crippen LogP contribution in [0.4, 0.5) is 5.95 Å². The normalized spacial score (nSPS) is 14.8. The predicted octanol–water partition coefficient (Wildman–Crippen LogP) is 3.69. The highest BCUT2D eigenvalue weighted by Gasteiger charge is 2.26. The standard InChI is InChI=1S/C25H31N5O2S/c1-3-28(18-21-10-6-4-7-11-21)23(31)20(2)33-25-27-26-24(29-14-16-32-17-15-29)30(25)19-22-12-8-5-9-13-22/h4-13,20H,3,14-19H2,1-2H3/t20-/m1/s1. The minimum atomic E-state index is -0.273. The third-order valence-electron chi connectivity index (χ3n) is 5.71. The Kier molecular flexibility index (Phi) is 8.01. The van der Waals surface area contributed by atoms with E-state index in [1.54, 1.807) is 0 Å². The van der Waals surface area contributed by atoms with Crippen molar-refractivity contribution in [3.63, 3.8) is 0 Å². The van der Waals surface area contributed by atoms with Crippen molar-refractivity contribution < 1.29 is 9.53 Å². The number of ether oxygens (including phenoxy) is 1. The van der Waals surface area contributed by atoms with Crippen molar-refractivity contribution in [3.8, 4) is 0 Å². The van der Waals surface area contributed by atoms with Crippen molar-refractivity contribution >= 4 is 23.6 Å². The molecule has 2 heterocycles. The molecule has 4 rings (SSSR count). The first-order valence-electron chi connectivity index (χ1n) is 11.4. The monoisotopic (exact) mass is 465 g/mol. The molecule has 0 unspecified atom stereocenters. The second-order valence-electron chi connectivity index (χ2n) is 8.05. The van der Waals surface area contributed by atoms with Crippen LogP contribution in [0.25, 0.3) is 0 Å². The summed E-state index contributed by atoms with van der Waals surface area (Å²) in [5.41, 5.74) is 2.30. The van der Waals surface area contributed by atoms with Crippen LogP contribution < -0.4 is 4.90 Å². The van der Waals surface area contributed by atoms with Gasteiger partial charge in [-0.15, -0.1) is 10.2 Å². The number of rotatable bonds is 9. The first-order valence-corrected chi connectivity index (χ1v) is 12.3. The summed E-state index contributed by atoms with van der Waals surface area (Å²) in [6.45, 7) is 8.83. The molecule has 0 saturated carbocycles. The van der Waals surface area contributed by atoms with Crippen LogP contribution in [0.5, 0.6) is 0 Å². The second-order valence-corrected chi connectivity index (χ2v) is 9.36. The molecule has 0 bridgehead atoms. The molecule has 0 aliphatic carbocycles. The van der Waals surface area contributed by atoms with E-state index in [9.17, 15) is 4.79 Å². The van der Waals surface area contributed by atoms with Crippen LogP contribution in [-0.4, -0.2) is 63.7 Å². The molecule has 1 aliphatic rings. The zero-order valence-electron chi connectivity index (χ0n) is 19.3. The van der Waals surface area contributed by atoms with E-state index >= 15 is 0 Å². The number of aromatic nitrogens is 3. The first-order chi connectivity index (χ1) is 16.2. The molecule has 0 N–H and O–H groups in total. The number of amides is 1.